The molecule has 27 heavy (non-hydrogen) atoms. The summed E-state index contributed by atoms with van der Waals surface area (Å²) < 4.78 is 0. The predicted octanol–water partition coefficient (Wildman–Crippen LogP) is 5.59. The maximum absolute atomic E-state index is 8.18. The summed E-state index contributed by atoms with van der Waals surface area (Å²) in [6.45, 7) is 3.05. The van der Waals surface area contributed by atoms with E-state index in [1.54, 1.807) is 11.3 Å². The number of nitrogens with one attached hydrogen (secondary N) is 2. The Kier molecular flexibility index (Phi) is 7.87. The van der Waals surface area contributed by atoms with Crippen LogP contribution in [0.25, 0.3) is 0 Å². The Morgan fingerprint density at radius 1 is 1.00 bits per heavy atom. The van der Waals surface area contributed by atoms with Crippen molar-refractivity contribution in [3.8, 4) is 0 Å². The van der Waals surface area contributed by atoms with Gasteiger partial charge >= 0.3 is 0 Å². The fourth-order valence-electron chi connectivity index (χ4n) is 3.32. The number of amidine groups is 1. The van der Waals surface area contributed by atoms with E-state index in [1.807, 2.05) is 23.6 Å². The van der Waals surface area contributed by atoms with Crippen LogP contribution < -0.4 is 5.32 Å². The van der Waals surface area contributed by atoms with Crippen LogP contribution in [0.15, 0.2) is 66.0 Å². The number of anilines is 1. The van der Waals surface area contributed by atoms with Crippen molar-refractivity contribution in [2.24, 2.45) is 0 Å². The zero-order valence-electron chi connectivity index (χ0n) is 14.9. The first-order chi connectivity index (χ1) is 12.3. The topological polar surface area (TPSA) is 39.1 Å². The van der Waals surface area contributed by atoms with E-state index in [0.717, 1.165) is 36.6 Å². The molecule has 0 radical (unpaired) electrons. The second-order valence-corrected chi connectivity index (χ2v) is 7.35. The average Bonchev–Trinajstić information content (AvgIpc) is 3.17. The average molecular weight is 420 g/mol. The highest BCUT2D eigenvalue weighted by Crippen LogP contribution is 2.21. The molecule has 0 amide bonds. The van der Waals surface area contributed by atoms with E-state index in [2.05, 4.69) is 52.7 Å². The number of nitrogens with zero attached hydrogens (tertiary/aromatic N) is 1. The van der Waals surface area contributed by atoms with Gasteiger partial charge in [0.1, 0.15) is 5.84 Å². The standard InChI is InChI=1S/C21H21N3S.2ClH/c22-21(20-9-4-12-25-20)23-19-8-3-5-16(13-19)14-24-11-10-17-6-1-2-7-18(17)15-24;;/h1-9,12-13H,10-11,14-15H2,(H2,22,23);2*1H. The highest BCUT2D eigenvalue weighted by molar-refractivity contribution is 7.12. The van der Waals surface area contributed by atoms with Crippen LogP contribution in [0.4, 0.5) is 5.69 Å². The fourth-order valence-corrected chi connectivity index (χ4v) is 3.95. The molecular weight excluding hydrogens is 397 g/mol. The lowest BCUT2D eigenvalue weighted by Crippen LogP contribution is -2.30. The molecule has 4 rings (SSSR count). The number of halogens is 2. The molecule has 3 aromatic rings. The van der Waals surface area contributed by atoms with E-state index < -0.39 is 0 Å². The minimum absolute atomic E-state index is 0. The Hall–Kier alpha value is -1.85. The predicted molar refractivity (Wildman–Crippen MR) is 120 cm³/mol. The largest absolute Gasteiger partial charge is 0.340 e. The van der Waals surface area contributed by atoms with Gasteiger partial charge in [-0.15, -0.1) is 36.2 Å². The maximum Gasteiger partial charge on any atom is 0.140 e. The van der Waals surface area contributed by atoms with Crippen LogP contribution >= 0.6 is 36.2 Å². The van der Waals surface area contributed by atoms with E-state index >= 15 is 0 Å². The number of hydrogen-bond donors (Lipinski definition) is 2. The third-order valence-corrected chi connectivity index (χ3v) is 5.47. The molecule has 1 aliphatic rings. The van der Waals surface area contributed by atoms with Gasteiger partial charge in [-0.25, -0.2) is 0 Å². The fraction of sp³-hybridized carbons (Fsp3) is 0.190. The second-order valence-electron chi connectivity index (χ2n) is 6.41. The molecule has 0 fully saturated rings. The zero-order chi connectivity index (χ0) is 17.1. The van der Waals surface area contributed by atoms with Gasteiger partial charge in [-0.1, -0.05) is 42.5 Å². The van der Waals surface area contributed by atoms with E-state index in [0.29, 0.717) is 5.84 Å². The summed E-state index contributed by atoms with van der Waals surface area (Å²) in [5, 5.41) is 13.4. The first kappa shape index (κ1) is 21.5. The van der Waals surface area contributed by atoms with Crippen molar-refractivity contribution in [2.45, 2.75) is 19.5 Å². The van der Waals surface area contributed by atoms with Gasteiger partial charge in [-0.2, -0.15) is 0 Å². The number of hydrogen-bond acceptors (Lipinski definition) is 3. The zero-order valence-corrected chi connectivity index (χ0v) is 17.3. The minimum Gasteiger partial charge on any atom is -0.340 e. The molecule has 0 saturated heterocycles. The molecule has 0 spiro atoms. The molecule has 2 heterocycles. The van der Waals surface area contributed by atoms with E-state index in [4.69, 9.17) is 5.41 Å². The Morgan fingerprint density at radius 2 is 1.81 bits per heavy atom. The van der Waals surface area contributed by atoms with Crippen molar-refractivity contribution >= 4 is 47.7 Å². The van der Waals surface area contributed by atoms with Gasteiger partial charge in [0.2, 0.25) is 0 Å². The van der Waals surface area contributed by atoms with Crippen LogP contribution in [0, 0.1) is 5.41 Å². The Balaban J connectivity index is 0.00000131. The number of fused-ring (bicyclic) bond motifs is 1. The molecule has 0 aliphatic carbocycles. The molecule has 6 heteroatoms. The van der Waals surface area contributed by atoms with Crippen LogP contribution in [0.3, 0.4) is 0 Å². The van der Waals surface area contributed by atoms with Gasteiger partial charge in [0.15, 0.2) is 0 Å². The van der Waals surface area contributed by atoms with Crippen molar-refractivity contribution in [1.82, 2.24) is 4.90 Å². The van der Waals surface area contributed by atoms with Crippen LogP contribution in [0.2, 0.25) is 0 Å². The highest BCUT2D eigenvalue weighted by Gasteiger charge is 2.15. The lowest BCUT2D eigenvalue weighted by Gasteiger charge is -2.28. The molecule has 0 saturated carbocycles. The molecule has 142 valence electrons. The quantitative estimate of drug-likeness (QED) is 0.427. The minimum atomic E-state index is 0. The van der Waals surface area contributed by atoms with E-state index in [1.165, 1.54) is 16.7 Å². The number of thiophene rings is 1. The number of rotatable bonds is 4. The van der Waals surface area contributed by atoms with Crippen LogP contribution in [0.1, 0.15) is 21.6 Å². The molecular formula is C21H23Cl2N3S. The summed E-state index contributed by atoms with van der Waals surface area (Å²) in [5.41, 5.74) is 5.19. The van der Waals surface area contributed by atoms with E-state index in [9.17, 15) is 0 Å². The Bertz CT molecular complexity index is 881. The van der Waals surface area contributed by atoms with Crippen molar-refractivity contribution in [3.63, 3.8) is 0 Å². The van der Waals surface area contributed by atoms with E-state index in [-0.39, 0.29) is 24.8 Å². The van der Waals surface area contributed by atoms with Crippen LogP contribution in [-0.4, -0.2) is 17.3 Å². The van der Waals surface area contributed by atoms with Crippen LogP contribution in [-0.2, 0) is 19.5 Å². The monoisotopic (exact) mass is 419 g/mol. The van der Waals surface area contributed by atoms with Gasteiger partial charge in [-0.05, 0) is 46.7 Å². The summed E-state index contributed by atoms with van der Waals surface area (Å²) in [6, 6.07) is 21.1. The normalized spacial score (nSPS) is 13.0. The van der Waals surface area contributed by atoms with Crippen molar-refractivity contribution in [2.75, 3.05) is 11.9 Å². The lowest BCUT2D eigenvalue weighted by molar-refractivity contribution is 0.245. The van der Waals surface area contributed by atoms with Crippen LogP contribution in [0.5, 0.6) is 0 Å². The molecule has 2 N–H and O–H groups in total. The highest BCUT2D eigenvalue weighted by atomic mass is 35.5. The van der Waals surface area contributed by atoms with Gasteiger partial charge in [0, 0.05) is 25.3 Å². The summed E-state index contributed by atoms with van der Waals surface area (Å²) in [7, 11) is 0. The first-order valence-electron chi connectivity index (χ1n) is 8.55. The molecule has 1 aromatic heterocycles. The van der Waals surface area contributed by atoms with Crippen molar-refractivity contribution < 1.29 is 0 Å². The summed E-state index contributed by atoms with van der Waals surface area (Å²) in [6.07, 6.45) is 1.12. The number of benzene rings is 2. The maximum atomic E-state index is 8.18. The SMILES string of the molecule is Cl.Cl.N=C(Nc1cccc(CN2CCc3ccccc3C2)c1)c1cccs1. The van der Waals surface area contributed by atoms with Crippen molar-refractivity contribution in [3.05, 3.63) is 87.6 Å². The van der Waals surface area contributed by atoms with Crippen molar-refractivity contribution in [1.29, 1.82) is 5.41 Å². The summed E-state index contributed by atoms with van der Waals surface area (Å²) >= 11 is 1.58. The van der Waals surface area contributed by atoms with Gasteiger partial charge in [0.05, 0.1) is 4.88 Å². The molecule has 1 aliphatic heterocycles. The lowest BCUT2D eigenvalue weighted by atomic mass is 9.99. The molecule has 0 unspecified atom stereocenters. The summed E-state index contributed by atoms with van der Waals surface area (Å²) in [4.78, 5) is 3.45. The van der Waals surface area contributed by atoms with Gasteiger partial charge in [0.25, 0.3) is 0 Å². The molecule has 0 atom stereocenters. The third kappa shape index (κ3) is 5.33. The second kappa shape index (κ2) is 9.90. The Labute approximate surface area is 176 Å². The van der Waals surface area contributed by atoms with Gasteiger partial charge in [-0.3, -0.25) is 10.3 Å². The first-order valence-corrected chi connectivity index (χ1v) is 9.43. The Morgan fingerprint density at radius 3 is 2.59 bits per heavy atom. The molecule has 2 aromatic carbocycles. The smallest absolute Gasteiger partial charge is 0.140 e. The summed E-state index contributed by atoms with van der Waals surface area (Å²) in [5.74, 6) is 0.457. The molecule has 0 bridgehead atoms. The third-order valence-electron chi connectivity index (χ3n) is 4.58. The molecule has 3 nitrogen and oxygen atoms in total. The van der Waals surface area contributed by atoms with Gasteiger partial charge < -0.3 is 5.32 Å².